The van der Waals surface area contributed by atoms with E-state index in [0.717, 1.165) is 72.0 Å². The summed E-state index contributed by atoms with van der Waals surface area (Å²) in [5, 5.41) is 17.7. The zero-order valence-corrected chi connectivity index (χ0v) is 33.7. The quantitative estimate of drug-likeness (QED) is 0.138. The van der Waals surface area contributed by atoms with Crippen molar-refractivity contribution < 1.29 is 19.4 Å². The van der Waals surface area contributed by atoms with Crippen LogP contribution in [0.15, 0.2) is 72.9 Å². The van der Waals surface area contributed by atoms with Gasteiger partial charge in [-0.15, -0.1) is 0 Å². The molecular formula is C44H42Cl2N6O4. The van der Waals surface area contributed by atoms with Gasteiger partial charge < -0.3 is 19.0 Å². The van der Waals surface area contributed by atoms with Crippen molar-refractivity contribution in [1.82, 2.24) is 23.9 Å². The number of hydrogen-bond acceptors (Lipinski definition) is 5. The third kappa shape index (κ3) is 6.30. The molecular weight excluding hydrogens is 747 g/mol. The molecule has 286 valence electrons. The predicted molar refractivity (Wildman–Crippen MR) is 222 cm³/mol. The number of carbonyl (C=O) groups is 2. The summed E-state index contributed by atoms with van der Waals surface area (Å²) in [6, 6.07) is 20.4. The molecule has 1 atom stereocenters. The number of pyridine rings is 1. The first-order valence-electron chi connectivity index (χ1n) is 18.7. The number of carbonyl (C=O) groups excluding carboxylic acids is 1. The van der Waals surface area contributed by atoms with E-state index in [9.17, 15) is 9.90 Å². The Hall–Kier alpha value is -5.58. The Kier molecular flexibility index (Phi) is 9.66. The van der Waals surface area contributed by atoms with Crippen LogP contribution in [0.2, 0.25) is 10.0 Å². The molecule has 0 radical (unpaired) electrons. The standard InChI is InChI=1S/C44H42Cl2N6O4/c1-24-18-32(19-25(2)40(24)46)56-17-9-11-33-34-14-15-35(45)39(38-27(4)48-49(6)28(38)5)41(34)52-26(3)22-51(43(53)42(33)52)37-21-29-12-13-30(44(54)55)20-36(29)50(37)23-31-10-7-8-16-47-31/h7-8,10,12-16,18-21,26H,9,11,17,22-23H2,1-6H3,(H,54,55)/t26-/m1/s1. The summed E-state index contributed by atoms with van der Waals surface area (Å²) >= 11 is 13.6. The van der Waals surface area contributed by atoms with Gasteiger partial charge in [0.2, 0.25) is 0 Å². The van der Waals surface area contributed by atoms with Gasteiger partial charge in [0, 0.05) is 58.4 Å². The number of carboxylic acid groups (broad SMARTS) is 1. The van der Waals surface area contributed by atoms with E-state index in [1.807, 2.05) is 97.4 Å². The van der Waals surface area contributed by atoms with Crippen molar-refractivity contribution in [3.63, 3.8) is 0 Å². The van der Waals surface area contributed by atoms with Crippen LogP contribution in [0.1, 0.15) is 74.0 Å². The zero-order chi connectivity index (χ0) is 39.6. The van der Waals surface area contributed by atoms with E-state index in [1.54, 1.807) is 24.4 Å². The number of amides is 1. The minimum absolute atomic E-state index is 0.149. The molecule has 7 aromatic rings. The summed E-state index contributed by atoms with van der Waals surface area (Å²) in [5.74, 6) is 0.257. The summed E-state index contributed by atoms with van der Waals surface area (Å²) in [4.78, 5) is 33.8. The molecule has 0 saturated heterocycles. The molecule has 3 aromatic carbocycles. The van der Waals surface area contributed by atoms with Gasteiger partial charge in [-0.05, 0) is 113 Å². The summed E-state index contributed by atoms with van der Waals surface area (Å²) in [5.41, 5.74) is 9.66. The molecule has 4 aromatic heterocycles. The number of aryl methyl sites for hydroxylation is 5. The van der Waals surface area contributed by atoms with Gasteiger partial charge >= 0.3 is 5.97 Å². The van der Waals surface area contributed by atoms with Crippen LogP contribution in [0.3, 0.4) is 0 Å². The van der Waals surface area contributed by atoms with Crippen LogP contribution >= 0.6 is 23.2 Å². The first-order valence-corrected chi connectivity index (χ1v) is 19.4. The molecule has 0 fully saturated rings. The lowest BCUT2D eigenvalue weighted by molar-refractivity contribution is 0.0696. The third-order valence-corrected chi connectivity index (χ3v) is 11.9. The van der Waals surface area contributed by atoms with Gasteiger partial charge in [0.05, 0.1) is 46.2 Å². The van der Waals surface area contributed by atoms with Crippen LogP contribution in [-0.2, 0) is 20.0 Å². The monoisotopic (exact) mass is 788 g/mol. The van der Waals surface area contributed by atoms with Crippen molar-refractivity contribution in [2.75, 3.05) is 18.1 Å². The molecule has 56 heavy (non-hydrogen) atoms. The number of fused-ring (bicyclic) bond motifs is 4. The fraction of sp³-hybridized carbons (Fsp3) is 0.273. The molecule has 1 amide bonds. The van der Waals surface area contributed by atoms with Crippen molar-refractivity contribution >= 4 is 62.7 Å². The van der Waals surface area contributed by atoms with Crippen LogP contribution in [-0.4, -0.2) is 54.0 Å². The lowest BCUT2D eigenvalue weighted by Crippen LogP contribution is -2.43. The summed E-state index contributed by atoms with van der Waals surface area (Å²) in [6.07, 6.45) is 2.95. The van der Waals surface area contributed by atoms with Gasteiger partial charge in [-0.3, -0.25) is 19.4 Å². The van der Waals surface area contributed by atoms with Crippen LogP contribution in [0.25, 0.3) is 32.9 Å². The van der Waals surface area contributed by atoms with E-state index in [1.165, 1.54) is 0 Å². The number of rotatable bonds is 10. The maximum absolute atomic E-state index is 15.3. The second kappa shape index (κ2) is 14.5. The highest BCUT2D eigenvalue weighted by molar-refractivity contribution is 6.35. The molecule has 0 bridgehead atoms. The lowest BCUT2D eigenvalue weighted by atomic mass is 9.98. The minimum Gasteiger partial charge on any atom is -0.494 e. The largest absolute Gasteiger partial charge is 0.494 e. The van der Waals surface area contributed by atoms with Gasteiger partial charge in [-0.25, -0.2) is 4.79 Å². The van der Waals surface area contributed by atoms with Crippen molar-refractivity contribution in [1.29, 1.82) is 0 Å². The van der Waals surface area contributed by atoms with Crippen LogP contribution < -0.4 is 9.64 Å². The van der Waals surface area contributed by atoms with Crippen LogP contribution in [0.5, 0.6) is 5.75 Å². The van der Waals surface area contributed by atoms with Gasteiger partial charge in [-0.2, -0.15) is 5.10 Å². The van der Waals surface area contributed by atoms with E-state index in [4.69, 9.17) is 33.0 Å². The normalized spacial score (nSPS) is 14.2. The summed E-state index contributed by atoms with van der Waals surface area (Å²) in [6.45, 7) is 11.2. The Bertz CT molecular complexity index is 2690. The topological polar surface area (TPSA) is 107 Å². The van der Waals surface area contributed by atoms with Crippen molar-refractivity contribution in [2.45, 2.75) is 60.0 Å². The Labute approximate surface area is 334 Å². The highest BCUT2D eigenvalue weighted by Crippen LogP contribution is 2.45. The predicted octanol–water partition coefficient (Wildman–Crippen LogP) is 9.91. The van der Waals surface area contributed by atoms with Crippen molar-refractivity contribution in [3.05, 3.63) is 128 Å². The smallest absolute Gasteiger partial charge is 0.335 e. The SMILES string of the molecule is Cc1cc(OCCCc2c3n(c4c(-c5c(C)nn(C)c5C)c(Cl)ccc24)[C@H](C)CN(c2cc4ccc(C(=O)O)cc4n2Cc2ccccn2)C3=O)cc(C)c1Cl. The Morgan fingerprint density at radius 2 is 1.75 bits per heavy atom. The number of anilines is 1. The third-order valence-electron chi connectivity index (χ3n) is 11.0. The molecule has 5 heterocycles. The van der Waals surface area contributed by atoms with Gasteiger partial charge in [0.15, 0.2) is 0 Å². The average Bonchev–Trinajstić information content (AvgIpc) is 3.78. The molecule has 0 aliphatic carbocycles. The molecule has 0 spiro atoms. The fourth-order valence-corrected chi connectivity index (χ4v) is 8.70. The first kappa shape index (κ1) is 37.3. The number of aromatic carboxylic acids is 1. The van der Waals surface area contributed by atoms with Crippen LogP contribution in [0, 0.1) is 27.7 Å². The molecule has 1 N–H and O–H groups in total. The summed E-state index contributed by atoms with van der Waals surface area (Å²) < 4.78 is 12.3. The second-order valence-electron chi connectivity index (χ2n) is 14.8. The lowest BCUT2D eigenvalue weighted by Gasteiger charge is -2.34. The Balaban J connectivity index is 1.28. The molecule has 1 aliphatic heterocycles. The maximum atomic E-state index is 15.3. The number of aromatic nitrogens is 5. The number of nitrogens with zero attached hydrogens (tertiary/aromatic N) is 6. The molecule has 0 unspecified atom stereocenters. The Morgan fingerprint density at radius 3 is 2.43 bits per heavy atom. The second-order valence-corrected chi connectivity index (χ2v) is 15.5. The summed E-state index contributed by atoms with van der Waals surface area (Å²) in [7, 11) is 1.93. The molecule has 1 aliphatic rings. The number of benzene rings is 3. The number of ether oxygens (including phenoxy) is 1. The minimum atomic E-state index is -1.02. The zero-order valence-electron chi connectivity index (χ0n) is 32.2. The maximum Gasteiger partial charge on any atom is 0.335 e. The van der Waals surface area contributed by atoms with Gasteiger partial charge in [0.1, 0.15) is 17.3 Å². The number of carboxylic acids is 1. The van der Waals surface area contributed by atoms with Gasteiger partial charge in [0.25, 0.3) is 5.91 Å². The van der Waals surface area contributed by atoms with E-state index in [-0.39, 0.29) is 17.5 Å². The van der Waals surface area contributed by atoms with Crippen molar-refractivity contribution in [2.24, 2.45) is 7.05 Å². The molecule has 8 rings (SSSR count). The highest BCUT2D eigenvalue weighted by Gasteiger charge is 2.38. The van der Waals surface area contributed by atoms with E-state index in [2.05, 4.69) is 16.5 Å². The molecule has 10 nitrogen and oxygen atoms in total. The van der Waals surface area contributed by atoms with E-state index < -0.39 is 5.97 Å². The molecule has 12 heteroatoms. The van der Waals surface area contributed by atoms with E-state index >= 15 is 4.79 Å². The van der Waals surface area contributed by atoms with Gasteiger partial charge in [-0.1, -0.05) is 41.4 Å². The first-order chi connectivity index (χ1) is 26.8. The van der Waals surface area contributed by atoms with Crippen LogP contribution in [0.4, 0.5) is 5.82 Å². The number of hydrogen-bond donors (Lipinski definition) is 1. The molecule has 0 saturated carbocycles. The number of halogens is 2. The fourth-order valence-electron chi connectivity index (χ4n) is 8.34. The Morgan fingerprint density at radius 1 is 0.982 bits per heavy atom. The average molecular weight is 790 g/mol. The van der Waals surface area contributed by atoms with Crippen molar-refractivity contribution in [3.8, 4) is 16.9 Å². The van der Waals surface area contributed by atoms with E-state index in [0.29, 0.717) is 54.6 Å². The highest BCUT2D eigenvalue weighted by atomic mass is 35.5.